The third-order valence-electron chi connectivity index (χ3n) is 2.74. The zero-order valence-corrected chi connectivity index (χ0v) is 8.70. The summed E-state index contributed by atoms with van der Waals surface area (Å²) in [5, 5.41) is 10.5. The van der Waals surface area contributed by atoms with Gasteiger partial charge in [-0.1, -0.05) is 0 Å². The second kappa shape index (κ2) is 2.98. The largest absolute Gasteiger partial charge is 0.508 e. The van der Waals surface area contributed by atoms with Gasteiger partial charge in [-0.15, -0.1) is 0 Å². The van der Waals surface area contributed by atoms with Crippen LogP contribution in [-0.4, -0.2) is 5.11 Å². The Labute approximate surface area is 83.4 Å². The normalized spacial score (nSPS) is 10.8. The van der Waals surface area contributed by atoms with Crippen molar-refractivity contribution in [2.75, 3.05) is 0 Å². The lowest BCUT2D eigenvalue weighted by Gasteiger charge is -2.04. The van der Waals surface area contributed by atoms with Gasteiger partial charge in [-0.25, -0.2) is 4.57 Å². The molecule has 0 atom stereocenters. The molecule has 2 heteroatoms. The molecule has 0 aliphatic rings. The standard InChI is InChI=1S/C12H13NO/c1-8-7-13(3)12-5-4-10(14)6-11(12)9(8)2/h4-7H,1-3H3/p+1. The fourth-order valence-electron chi connectivity index (χ4n) is 1.80. The second-order valence-corrected chi connectivity index (χ2v) is 3.75. The van der Waals surface area contributed by atoms with Crippen LogP contribution in [0.2, 0.25) is 0 Å². The third-order valence-corrected chi connectivity index (χ3v) is 2.74. The number of aryl methyl sites for hydroxylation is 3. The Hall–Kier alpha value is -1.57. The van der Waals surface area contributed by atoms with Crippen LogP contribution in [0.1, 0.15) is 11.1 Å². The highest BCUT2D eigenvalue weighted by Gasteiger charge is 2.10. The van der Waals surface area contributed by atoms with Crippen molar-refractivity contribution in [3.63, 3.8) is 0 Å². The highest BCUT2D eigenvalue weighted by Crippen LogP contribution is 2.21. The maximum Gasteiger partial charge on any atom is 0.212 e. The molecule has 1 aromatic heterocycles. The molecule has 0 aliphatic heterocycles. The molecule has 0 saturated carbocycles. The van der Waals surface area contributed by atoms with Crippen molar-refractivity contribution in [3.8, 4) is 5.75 Å². The van der Waals surface area contributed by atoms with Crippen LogP contribution in [-0.2, 0) is 7.05 Å². The molecule has 0 amide bonds. The molecule has 0 saturated heterocycles. The van der Waals surface area contributed by atoms with E-state index in [1.54, 1.807) is 6.07 Å². The van der Waals surface area contributed by atoms with Crippen LogP contribution >= 0.6 is 0 Å². The van der Waals surface area contributed by atoms with Gasteiger partial charge in [-0.3, -0.25) is 0 Å². The summed E-state index contributed by atoms with van der Waals surface area (Å²) in [6.45, 7) is 4.16. The predicted molar refractivity (Wildman–Crippen MR) is 56.3 cm³/mol. The van der Waals surface area contributed by atoms with Gasteiger partial charge < -0.3 is 5.11 Å². The van der Waals surface area contributed by atoms with E-state index in [4.69, 9.17) is 0 Å². The van der Waals surface area contributed by atoms with Crippen LogP contribution in [0, 0.1) is 13.8 Å². The lowest BCUT2D eigenvalue weighted by Crippen LogP contribution is -2.29. The highest BCUT2D eigenvalue weighted by atomic mass is 16.3. The number of benzene rings is 1. The SMILES string of the molecule is Cc1c[n+](C)c2ccc(O)cc2c1C. The van der Waals surface area contributed by atoms with E-state index < -0.39 is 0 Å². The Morgan fingerprint density at radius 3 is 2.64 bits per heavy atom. The minimum absolute atomic E-state index is 0.325. The number of nitrogens with zero attached hydrogens (tertiary/aromatic N) is 1. The van der Waals surface area contributed by atoms with E-state index in [0.29, 0.717) is 5.75 Å². The fraction of sp³-hybridized carbons (Fsp3) is 0.250. The Balaban J connectivity index is 2.95. The number of aromatic hydroxyl groups is 1. The minimum Gasteiger partial charge on any atom is -0.508 e. The number of hydrogen-bond acceptors (Lipinski definition) is 1. The Morgan fingerprint density at radius 1 is 1.21 bits per heavy atom. The van der Waals surface area contributed by atoms with Crippen molar-refractivity contribution in [3.05, 3.63) is 35.5 Å². The number of phenols is 1. The zero-order valence-electron chi connectivity index (χ0n) is 8.70. The molecule has 0 unspecified atom stereocenters. The molecule has 14 heavy (non-hydrogen) atoms. The average Bonchev–Trinajstić information content (AvgIpc) is 2.14. The van der Waals surface area contributed by atoms with Crippen molar-refractivity contribution in [1.29, 1.82) is 0 Å². The van der Waals surface area contributed by atoms with E-state index in [-0.39, 0.29) is 0 Å². The lowest BCUT2D eigenvalue weighted by atomic mass is 10.1. The van der Waals surface area contributed by atoms with E-state index in [1.165, 1.54) is 11.1 Å². The number of aromatic nitrogens is 1. The van der Waals surface area contributed by atoms with Gasteiger partial charge in [0.2, 0.25) is 5.52 Å². The number of pyridine rings is 1. The molecule has 0 aliphatic carbocycles. The summed E-state index contributed by atoms with van der Waals surface area (Å²) >= 11 is 0. The fourth-order valence-corrected chi connectivity index (χ4v) is 1.80. The molecular weight excluding hydrogens is 174 g/mol. The quantitative estimate of drug-likeness (QED) is 0.628. The van der Waals surface area contributed by atoms with Gasteiger partial charge in [0.1, 0.15) is 12.8 Å². The van der Waals surface area contributed by atoms with Crippen molar-refractivity contribution in [2.24, 2.45) is 7.05 Å². The van der Waals surface area contributed by atoms with Crippen LogP contribution in [0.5, 0.6) is 5.75 Å². The van der Waals surface area contributed by atoms with Gasteiger partial charge >= 0.3 is 0 Å². The smallest absolute Gasteiger partial charge is 0.212 e. The Bertz CT molecular complexity index is 503. The van der Waals surface area contributed by atoms with Crippen LogP contribution in [0.25, 0.3) is 10.9 Å². The van der Waals surface area contributed by atoms with E-state index >= 15 is 0 Å². The summed E-state index contributed by atoms with van der Waals surface area (Å²) in [6, 6.07) is 5.48. The zero-order chi connectivity index (χ0) is 10.3. The van der Waals surface area contributed by atoms with Gasteiger partial charge in [0, 0.05) is 11.6 Å². The van der Waals surface area contributed by atoms with E-state index in [9.17, 15) is 5.11 Å². The van der Waals surface area contributed by atoms with Crippen LogP contribution in [0.15, 0.2) is 24.4 Å². The van der Waals surface area contributed by atoms with Crippen LogP contribution < -0.4 is 4.57 Å². The molecule has 0 spiro atoms. The van der Waals surface area contributed by atoms with E-state index in [2.05, 4.69) is 24.6 Å². The molecule has 1 aromatic carbocycles. The highest BCUT2D eigenvalue weighted by molar-refractivity contribution is 5.81. The Morgan fingerprint density at radius 2 is 1.93 bits per heavy atom. The summed E-state index contributed by atoms with van der Waals surface area (Å²) in [7, 11) is 2.02. The topological polar surface area (TPSA) is 24.1 Å². The van der Waals surface area contributed by atoms with Gasteiger partial charge in [0.05, 0.1) is 5.39 Å². The molecule has 0 bridgehead atoms. The summed E-state index contributed by atoms with van der Waals surface area (Å²) in [4.78, 5) is 0. The molecule has 0 radical (unpaired) electrons. The molecular formula is C12H14NO+. The number of phenolic OH excluding ortho intramolecular Hbond substituents is 1. The average molecular weight is 188 g/mol. The first-order chi connectivity index (χ1) is 6.59. The Kier molecular flexibility index (Phi) is 1.92. The lowest BCUT2D eigenvalue weighted by molar-refractivity contribution is -0.645. The molecule has 1 N–H and O–H groups in total. The molecule has 2 rings (SSSR count). The van der Waals surface area contributed by atoms with Crippen molar-refractivity contribution >= 4 is 10.9 Å². The number of fused-ring (bicyclic) bond motifs is 1. The summed E-state index contributed by atoms with van der Waals surface area (Å²) in [5.41, 5.74) is 3.62. The summed E-state index contributed by atoms with van der Waals surface area (Å²) in [5.74, 6) is 0.325. The first-order valence-electron chi connectivity index (χ1n) is 4.68. The third kappa shape index (κ3) is 1.23. The van der Waals surface area contributed by atoms with E-state index in [0.717, 1.165) is 10.9 Å². The second-order valence-electron chi connectivity index (χ2n) is 3.75. The van der Waals surface area contributed by atoms with Crippen molar-refractivity contribution in [1.82, 2.24) is 0 Å². The summed E-state index contributed by atoms with van der Waals surface area (Å²) in [6.07, 6.45) is 2.11. The molecule has 72 valence electrons. The number of hydrogen-bond donors (Lipinski definition) is 1. The molecule has 2 nitrogen and oxygen atoms in total. The van der Waals surface area contributed by atoms with Gasteiger partial charge in [0.25, 0.3) is 0 Å². The number of rotatable bonds is 0. The predicted octanol–water partition coefficient (Wildman–Crippen LogP) is 1.99. The maximum atomic E-state index is 9.43. The maximum absolute atomic E-state index is 9.43. The summed E-state index contributed by atoms with van der Waals surface area (Å²) < 4.78 is 2.08. The molecule has 2 aromatic rings. The van der Waals surface area contributed by atoms with Crippen molar-refractivity contribution < 1.29 is 9.67 Å². The van der Waals surface area contributed by atoms with Gasteiger partial charge in [0.15, 0.2) is 6.20 Å². The monoisotopic (exact) mass is 188 g/mol. The van der Waals surface area contributed by atoms with Crippen LogP contribution in [0.3, 0.4) is 0 Å². The first-order valence-corrected chi connectivity index (χ1v) is 4.68. The first kappa shape index (κ1) is 9.00. The van der Waals surface area contributed by atoms with E-state index in [1.807, 2.05) is 19.2 Å². The van der Waals surface area contributed by atoms with Crippen LogP contribution in [0.4, 0.5) is 0 Å². The van der Waals surface area contributed by atoms with Gasteiger partial charge in [-0.2, -0.15) is 0 Å². The molecule has 1 heterocycles. The van der Waals surface area contributed by atoms with Gasteiger partial charge in [-0.05, 0) is 31.5 Å². The minimum atomic E-state index is 0.325. The van der Waals surface area contributed by atoms with Crippen molar-refractivity contribution in [2.45, 2.75) is 13.8 Å². The molecule has 0 fully saturated rings.